The van der Waals surface area contributed by atoms with Crippen molar-refractivity contribution in [3.8, 4) is 6.07 Å². The van der Waals surface area contributed by atoms with Crippen LogP contribution in [0.1, 0.15) is 42.6 Å². The van der Waals surface area contributed by atoms with Crippen LogP contribution in [0.4, 0.5) is 0 Å². The van der Waals surface area contributed by atoms with Crippen LogP contribution in [0.2, 0.25) is 0 Å². The van der Waals surface area contributed by atoms with Crippen molar-refractivity contribution in [2.24, 2.45) is 5.41 Å². The summed E-state index contributed by atoms with van der Waals surface area (Å²) in [6.45, 7) is 3.70. The van der Waals surface area contributed by atoms with E-state index in [0.717, 1.165) is 5.56 Å². The Bertz CT molecular complexity index is 557. The summed E-state index contributed by atoms with van der Waals surface area (Å²) in [6.07, 6.45) is 1.14. The molecule has 0 radical (unpaired) electrons. The predicted octanol–water partition coefficient (Wildman–Crippen LogP) is 2.37. The fourth-order valence-electron chi connectivity index (χ4n) is 2.14. The van der Waals surface area contributed by atoms with Crippen molar-refractivity contribution in [1.82, 2.24) is 5.32 Å². The lowest BCUT2D eigenvalue weighted by Gasteiger charge is -2.26. The average Bonchev–Trinajstić information content (AvgIpc) is 2.49. The molecule has 0 spiro atoms. The average molecular weight is 288 g/mol. The van der Waals surface area contributed by atoms with Crippen molar-refractivity contribution < 1.29 is 14.7 Å². The standard InChI is InChI=1S/C16H20N2O3/c1-3-16(4-2,15(20)21)11-18-14(19)13-7-5-6-12(10-13)8-9-17/h5-7,10H,3-4,8,11H2,1-2H3,(H,18,19)(H,20,21). The molecule has 0 saturated carbocycles. The first-order chi connectivity index (χ1) is 9.99. The van der Waals surface area contributed by atoms with E-state index in [9.17, 15) is 14.7 Å². The normalized spacial score (nSPS) is 10.7. The number of carbonyl (C=O) groups excluding carboxylic acids is 1. The zero-order valence-electron chi connectivity index (χ0n) is 12.3. The Morgan fingerprint density at radius 1 is 1.33 bits per heavy atom. The quantitative estimate of drug-likeness (QED) is 0.806. The molecule has 1 amide bonds. The molecule has 0 heterocycles. The van der Waals surface area contributed by atoms with Crippen LogP contribution in [0.5, 0.6) is 0 Å². The molecule has 0 aromatic heterocycles. The molecule has 0 unspecified atom stereocenters. The molecule has 0 saturated heterocycles. The van der Waals surface area contributed by atoms with Gasteiger partial charge in [0.15, 0.2) is 0 Å². The van der Waals surface area contributed by atoms with Crippen LogP contribution in [0.3, 0.4) is 0 Å². The van der Waals surface area contributed by atoms with E-state index >= 15 is 0 Å². The van der Waals surface area contributed by atoms with E-state index in [0.29, 0.717) is 18.4 Å². The molecular formula is C16H20N2O3. The van der Waals surface area contributed by atoms with Gasteiger partial charge in [-0.15, -0.1) is 0 Å². The molecule has 0 bridgehead atoms. The molecule has 5 nitrogen and oxygen atoms in total. The highest BCUT2D eigenvalue weighted by Gasteiger charge is 2.35. The first-order valence-electron chi connectivity index (χ1n) is 6.96. The first-order valence-corrected chi connectivity index (χ1v) is 6.96. The fraction of sp³-hybridized carbons (Fsp3) is 0.438. The van der Waals surface area contributed by atoms with Gasteiger partial charge >= 0.3 is 5.97 Å². The van der Waals surface area contributed by atoms with E-state index in [1.807, 2.05) is 6.07 Å². The van der Waals surface area contributed by atoms with Gasteiger partial charge in [0.05, 0.1) is 17.9 Å². The Labute approximate surface area is 124 Å². The Hall–Kier alpha value is -2.35. The van der Waals surface area contributed by atoms with Gasteiger partial charge in [0.25, 0.3) is 5.91 Å². The van der Waals surface area contributed by atoms with Gasteiger partial charge in [-0.05, 0) is 30.5 Å². The van der Waals surface area contributed by atoms with Crippen molar-refractivity contribution in [3.63, 3.8) is 0 Å². The van der Waals surface area contributed by atoms with E-state index in [1.54, 1.807) is 38.1 Å². The second kappa shape index (κ2) is 7.44. The smallest absolute Gasteiger partial charge is 0.311 e. The highest BCUT2D eigenvalue weighted by atomic mass is 16.4. The van der Waals surface area contributed by atoms with Gasteiger partial charge in [-0.2, -0.15) is 5.26 Å². The number of benzene rings is 1. The number of carboxylic acids is 1. The second-order valence-corrected chi connectivity index (χ2v) is 5.01. The lowest BCUT2D eigenvalue weighted by molar-refractivity contribution is -0.149. The van der Waals surface area contributed by atoms with Crippen LogP contribution >= 0.6 is 0 Å². The number of hydrogen-bond donors (Lipinski definition) is 2. The van der Waals surface area contributed by atoms with Gasteiger partial charge in [0.2, 0.25) is 0 Å². The second-order valence-electron chi connectivity index (χ2n) is 5.01. The first kappa shape index (κ1) is 16.7. The van der Waals surface area contributed by atoms with E-state index in [4.69, 9.17) is 5.26 Å². The molecule has 1 rings (SSSR count). The highest BCUT2D eigenvalue weighted by Crippen LogP contribution is 2.25. The largest absolute Gasteiger partial charge is 0.481 e. The molecule has 1 aromatic rings. The van der Waals surface area contributed by atoms with Gasteiger partial charge in [0, 0.05) is 12.1 Å². The van der Waals surface area contributed by atoms with Crippen LogP contribution in [-0.2, 0) is 11.2 Å². The Kier molecular flexibility index (Phi) is 5.92. The number of carbonyl (C=O) groups is 2. The Balaban J connectivity index is 2.80. The van der Waals surface area contributed by atoms with Gasteiger partial charge in [-0.3, -0.25) is 9.59 Å². The molecule has 5 heteroatoms. The highest BCUT2D eigenvalue weighted by molar-refractivity contribution is 5.94. The van der Waals surface area contributed by atoms with E-state index < -0.39 is 11.4 Å². The number of aliphatic carboxylic acids is 1. The predicted molar refractivity (Wildman–Crippen MR) is 78.7 cm³/mol. The van der Waals surface area contributed by atoms with Crippen molar-refractivity contribution in [1.29, 1.82) is 5.26 Å². The minimum atomic E-state index is -0.931. The molecule has 112 valence electrons. The maximum absolute atomic E-state index is 12.1. The van der Waals surface area contributed by atoms with Crippen LogP contribution < -0.4 is 5.32 Å². The number of hydrogen-bond acceptors (Lipinski definition) is 3. The molecule has 0 aliphatic carbocycles. The maximum Gasteiger partial charge on any atom is 0.311 e. The number of rotatable bonds is 7. The zero-order chi connectivity index (χ0) is 15.9. The summed E-state index contributed by atoms with van der Waals surface area (Å²) in [7, 11) is 0. The minimum Gasteiger partial charge on any atom is -0.481 e. The van der Waals surface area contributed by atoms with Crippen molar-refractivity contribution >= 4 is 11.9 Å². The van der Waals surface area contributed by atoms with Crippen LogP contribution in [0.25, 0.3) is 0 Å². The van der Waals surface area contributed by atoms with Gasteiger partial charge in [-0.25, -0.2) is 0 Å². The molecule has 0 atom stereocenters. The third kappa shape index (κ3) is 4.06. The number of nitrogens with zero attached hydrogens (tertiary/aromatic N) is 1. The lowest BCUT2D eigenvalue weighted by Crippen LogP contribution is -2.42. The number of nitriles is 1. The minimum absolute atomic E-state index is 0.0939. The summed E-state index contributed by atoms with van der Waals surface area (Å²) >= 11 is 0. The van der Waals surface area contributed by atoms with Crippen LogP contribution in [0, 0.1) is 16.7 Å². The Morgan fingerprint density at radius 3 is 2.52 bits per heavy atom. The van der Waals surface area contributed by atoms with E-state index in [1.165, 1.54) is 0 Å². The number of amides is 1. The van der Waals surface area contributed by atoms with Crippen molar-refractivity contribution in [3.05, 3.63) is 35.4 Å². The van der Waals surface area contributed by atoms with E-state index in [-0.39, 0.29) is 18.9 Å². The van der Waals surface area contributed by atoms with Crippen LogP contribution in [0.15, 0.2) is 24.3 Å². The summed E-state index contributed by atoms with van der Waals surface area (Å²) in [6, 6.07) is 8.82. The fourth-order valence-corrected chi connectivity index (χ4v) is 2.14. The van der Waals surface area contributed by atoms with Gasteiger partial charge in [0.1, 0.15) is 0 Å². The summed E-state index contributed by atoms with van der Waals surface area (Å²) < 4.78 is 0. The number of nitrogens with one attached hydrogen (secondary N) is 1. The topological polar surface area (TPSA) is 90.2 Å². The molecule has 1 aromatic carbocycles. The van der Waals surface area contributed by atoms with Gasteiger partial charge < -0.3 is 10.4 Å². The third-order valence-corrected chi connectivity index (χ3v) is 3.87. The van der Waals surface area contributed by atoms with Crippen LogP contribution in [-0.4, -0.2) is 23.5 Å². The monoisotopic (exact) mass is 288 g/mol. The molecule has 21 heavy (non-hydrogen) atoms. The molecular weight excluding hydrogens is 268 g/mol. The molecule has 0 aliphatic heterocycles. The van der Waals surface area contributed by atoms with Crippen molar-refractivity contribution in [2.45, 2.75) is 33.1 Å². The summed E-state index contributed by atoms with van der Waals surface area (Å²) in [5.74, 6) is -1.21. The van der Waals surface area contributed by atoms with Gasteiger partial charge in [-0.1, -0.05) is 26.0 Å². The van der Waals surface area contributed by atoms with Crippen molar-refractivity contribution in [2.75, 3.05) is 6.54 Å². The third-order valence-electron chi connectivity index (χ3n) is 3.87. The Morgan fingerprint density at radius 2 is 2.00 bits per heavy atom. The molecule has 2 N–H and O–H groups in total. The van der Waals surface area contributed by atoms with E-state index in [2.05, 4.69) is 5.32 Å². The lowest BCUT2D eigenvalue weighted by atomic mass is 9.82. The summed E-state index contributed by atoms with van der Waals surface area (Å²) in [5, 5.41) is 20.7. The summed E-state index contributed by atoms with van der Waals surface area (Å²) in [5.41, 5.74) is 0.273. The summed E-state index contributed by atoms with van der Waals surface area (Å²) in [4.78, 5) is 23.5. The number of carboxylic acid groups (broad SMARTS) is 1. The maximum atomic E-state index is 12.1. The zero-order valence-corrected chi connectivity index (χ0v) is 12.3. The SMILES string of the molecule is CCC(CC)(CNC(=O)c1cccc(CC#N)c1)C(=O)O. The molecule has 0 fully saturated rings. The molecule has 0 aliphatic rings.